The van der Waals surface area contributed by atoms with Gasteiger partial charge in [0.15, 0.2) is 6.23 Å². The molecular formula is C14H25N2O13P3. The quantitative estimate of drug-likeness (QED) is 0.104. The summed E-state index contributed by atoms with van der Waals surface area (Å²) < 4.78 is 50.8. The van der Waals surface area contributed by atoms with Crippen LogP contribution in [0.4, 0.5) is 0 Å². The van der Waals surface area contributed by atoms with Crippen molar-refractivity contribution in [3.8, 4) is 0 Å². The van der Waals surface area contributed by atoms with Crippen molar-refractivity contribution in [2.45, 2.75) is 31.5 Å². The molecule has 1 saturated heterocycles. The van der Waals surface area contributed by atoms with Crippen molar-refractivity contribution in [3.05, 3.63) is 36.6 Å². The number of hydrogen-bond acceptors (Lipinski definition) is 11. The molecular weight excluding hydrogens is 497 g/mol. The minimum Gasteiger partial charge on any atom is -0.387 e. The summed E-state index contributed by atoms with van der Waals surface area (Å²) >= 11 is 0. The van der Waals surface area contributed by atoms with E-state index in [1.165, 1.54) is 24.1 Å². The van der Waals surface area contributed by atoms with Crippen molar-refractivity contribution in [1.82, 2.24) is 4.90 Å². The zero-order valence-corrected chi connectivity index (χ0v) is 19.6. The van der Waals surface area contributed by atoms with Crippen LogP contribution in [-0.4, -0.2) is 78.6 Å². The molecule has 1 aliphatic heterocycles. The lowest BCUT2D eigenvalue weighted by Crippen LogP contribution is -2.41. The summed E-state index contributed by atoms with van der Waals surface area (Å²) in [6.45, 7) is 7.75. The first-order chi connectivity index (χ1) is 14.4. The highest BCUT2D eigenvalue weighted by Gasteiger charge is 2.47. The molecule has 6 atom stereocenters. The van der Waals surface area contributed by atoms with Crippen LogP contribution in [0.3, 0.4) is 0 Å². The van der Waals surface area contributed by atoms with Crippen LogP contribution in [0.1, 0.15) is 6.92 Å². The van der Waals surface area contributed by atoms with Crippen molar-refractivity contribution < 1.29 is 61.4 Å². The van der Waals surface area contributed by atoms with Crippen LogP contribution in [0.25, 0.3) is 0 Å². The van der Waals surface area contributed by atoms with Gasteiger partial charge in [0.25, 0.3) is 0 Å². The van der Waals surface area contributed by atoms with Crippen molar-refractivity contribution in [2.24, 2.45) is 0 Å². The molecule has 0 amide bonds. The maximum Gasteiger partial charge on any atom is 0.490 e. The monoisotopic (exact) mass is 522 g/mol. The Bertz CT molecular complexity index is 916. The van der Waals surface area contributed by atoms with E-state index in [2.05, 4.69) is 26.3 Å². The van der Waals surface area contributed by atoms with E-state index < -0.39 is 54.6 Å². The molecule has 0 aromatic heterocycles. The zero-order valence-electron chi connectivity index (χ0n) is 16.9. The fourth-order valence-corrected chi connectivity index (χ4v) is 5.68. The fraction of sp³-hybridized carbons (Fsp3) is 0.500. The second-order valence-electron chi connectivity index (χ2n) is 6.38. The van der Waals surface area contributed by atoms with E-state index in [1.807, 2.05) is 0 Å². The summed E-state index contributed by atoms with van der Waals surface area (Å²) in [5.41, 5.74) is 0.822. The van der Waals surface area contributed by atoms with Crippen LogP contribution >= 0.6 is 23.5 Å². The smallest absolute Gasteiger partial charge is 0.387 e. The van der Waals surface area contributed by atoms with Crippen molar-refractivity contribution in [3.63, 3.8) is 0 Å². The lowest BCUT2D eigenvalue weighted by Gasteiger charge is -2.30. The summed E-state index contributed by atoms with van der Waals surface area (Å²) in [6.07, 6.45) is -3.23. The lowest BCUT2D eigenvalue weighted by atomic mass is 10.1. The van der Waals surface area contributed by atoms with Crippen LogP contribution in [-0.2, 0) is 31.6 Å². The lowest BCUT2D eigenvalue weighted by molar-refractivity contribution is -0.0740. The summed E-state index contributed by atoms with van der Waals surface area (Å²) in [7, 11) is -15.2. The van der Waals surface area contributed by atoms with Crippen molar-refractivity contribution in [1.29, 1.82) is 5.41 Å². The summed E-state index contributed by atoms with van der Waals surface area (Å²) in [6, 6.07) is 0. The second kappa shape index (κ2) is 10.9. The topological polar surface area (TPSA) is 237 Å². The number of hydrogen-bond donors (Lipinski definition) is 7. The SMILES string of the molecule is C=CC(=N)C(C)=C(C=C)N(C)C1OC(COP(=O)(O)OP(=O)(O)OP(=O)(O)O)C(O)C1O. The van der Waals surface area contributed by atoms with E-state index in [1.54, 1.807) is 6.92 Å². The average molecular weight is 522 g/mol. The van der Waals surface area contributed by atoms with E-state index in [9.17, 15) is 28.8 Å². The number of ether oxygens (including phenoxy) is 1. The second-order valence-corrected chi connectivity index (χ2v) is 10.8. The molecule has 1 fully saturated rings. The minimum atomic E-state index is -5.70. The van der Waals surface area contributed by atoms with Gasteiger partial charge in [-0.25, -0.2) is 13.7 Å². The third kappa shape index (κ3) is 8.08. The molecule has 15 nitrogen and oxygen atoms in total. The molecule has 0 saturated carbocycles. The Morgan fingerprint density at radius 3 is 2.09 bits per heavy atom. The Labute approximate surface area is 183 Å². The molecule has 0 radical (unpaired) electrons. The predicted molar refractivity (Wildman–Crippen MR) is 109 cm³/mol. The van der Waals surface area contributed by atoms with Crippen molar-refractivity contribution in [2.75, 3.05) is 13.7 Å². The van der Waals surface area contributed by atoms with E-state index >= 15 is 0 Å². The van der Waals surface area contributed by atoms with E-state index in [0.717, 1.165) is 0 Å². The Morgan fingerprint density at radius 1 is 1.06 bits per heavy atom. The van der Waals surface area contributed by atoms with Gasteiger partial charge in [-0.1, -0.05) is 13.2 Å². The molecule has 18 heteroatoms. The molecule has 1 aliphatic rings. The Morgan fingerprint density at radius 2 is 1.62 bits per heavy atom. The van der Waals surface area contributed by atoms with Crippen LogP contribution < -0.4 is 0 Å². The molecule has 7 N–H and O–H groups in total. The third-order valence-electron chi connectivity index (χ3n) is 4.10. The summed E-state index contributed by atoms with van der Waals surface area (Å²) in [5, 5.41) is 28.3. The maximum atomic E-state index is 11.8. The number of allylic oxidation sites excluding steroid dienone is 3. The number of likely N-dealkylation sites (N-methyl/N-ethyl adjacent to an activating group) is 1. The maximum absolute atomic E-state index is 11.8. The molecule has 1 heterocycles. The number of phosphoric acid groups is 3. The normalized spacial score (nSPS) is 28.2. The van der Waals surface area contributed by atoms with Gasteiger partial charge in [-0.2, -0.15) is 8.62 Å². The number of aliphatic hydroxyl groups excluding tert-OH is 2. The molecule has 1 rings (SSSR count). The first-order valence-electron chi connectivity index (χ1n) is 8.52. The zero-order chi connectivity index (χ0) is 25.1. The Kier molecular flexibility index (Phi) is 9.92. The van der Waals surface area contributed by atoms with Crippen molar-refractivity contribution >= 4 is 29.2 Å². The molecule has 32 heavy (non-hydrogen) atoms. The number of nitrogens with zero attached hydrogens (tertiary/aromatic N) is 1. The largest absolute Gasteiger partial charge is 0.490 e. The van der Waals surface area contributed by atoms with E-state index in [4.69, 9.17) is 24.8 Å². The van der Waals surface area contributed by atoms with Gasteiger partial charge in [0, 0.05) is 12.7 Å². The summed E-state index contributed by atoms with van der Waals surface area (Å²) in [5.74, 6) is 0. The number of rotatable bonds is 12. The van der Waals surface area contributed by atoms with Gasteiger partial charge in [-0.3, -0.25) is 4.52 Å². The van der Waals surface area contributed by atoms with Crippen LogP contribution in [0, 0.1) is 5.41 Å². The Hall–Kier alpha value is -1.02. The minimum absolute atomic E-state index is 0.0593. The standard InChI is InChI=1S/C14H25N2O13P3/c1-5-9(15)8(3)10(6-2)16(4)14-13(18)12(17)11(27-14)7-26-31(22,23)29-32(24,25)28-30(19,20)21/h5-6,11-15,17-18H,1-2,7H2,3-4H3,(H,22,23)(H,24,25)(H2,19,20,21). The highest BCUT2D eigenvalue weighted by atomic mass is 31.3. The highest BCUT2D eigenvalue weighted by molar-refractivity contribution is 7.66. The fourth-order valence-electron chi connectivity index (χ4n) is 2.65. The number of aliphatic hydroxyl groups is 2. The predicted octanol–water partition coefficient (Wildman–Crippen LogP) is 0.374. The van der Waals surface area contributed by atoms with Gasteiger partial charge in [-0.15, -0.1) is 0 Å². The van der Waals surface area contributed by atoms with E-state index in [-0.39, 0.29) is 5.71 Å². The molecule has 0 aromatic carbocycles. The summed E-state index contributed by atoms with van der Waals surface area (Å²) in [4.78, 5) is 37.0. The molecule has 0 aromatic rings. The van der Waals surface area contributed by atoms with E-state index in [0.29, 0.717) is 11.3 Å². The highest BCUT2D eigenvalue weighted by Crippen LogP contribution is 2.66. The van der Waals surface area contributed by atoms with Gasteiger partial charge in [0.1, 0.15) is 18.3 Å². The Balaban J connectivity index is 2.91. The molecule has 184 valence electrons. The van der Waals surface area contributed by atoms with Gasteiger partial charge >= 0.3 is 23.5 Å². The van der Waals surface area contributed by atoms with Gasteiger partial charge < -0.3 is 44.8 Å². The van der Waals surface area contributed by atoms with Crippen LogP contribution in [0.5, 0.6) is 0 Å². The van der Waals surface area contributed by atoms with Gasteiger partial charge in [0.2, 0.25) is 0 Å². The molecule has 0 spiro atoms. The van der Waals surface area contributed by atoms with Gasteiger partial charge in [0.05, 0.1) is 12.3 Å². The van der Waals surface area contributed by atoms with Crippen LogP contribution in [0.2, 0.25) is 0 Å². The number of phosphoric ester groups is 1. The average Bonchev–Trinajstić information content (AvgIpc) is 2.91. The number of nitrogens with one attached hydrogen (secondary N) is 1. The molecule has 0 bridgehead atoms. The molecule has 0 aliphatic carbocycles. The third-order valence-corrected chi connectivity index (χ3v) is 7.91. The first kappa shape index (κ1) is 29.0. The van der Waals surface area contributed by atoms with Gasteiger partial charge in [-0.05, 0) is 24.6 Å². The first-order valence-corrected chi connectivity index (χ1v) is 13.0. The van der Waals surface area contributed by atoms with Crippen LogP contribution in [0.15, 0.2) is 36.6 Å². The molecule has 6 unspecified atom stereocenters.